The lowest BCUT2D eigenvalue weighted by Gasteiger charge is -2.43. The van der Waals surface area contributed by atoms with E-state index in [9.17, 15) is 14.7 Å². The van der Waals surface area contributed by atoms with Crippen LogP contribution in [0, 0.1) is 0 Å². The quantitative estimate of drug-likeness (QED) is 0.555. The number of aromatic nitrogens is 1. The Labute approximate surface area is 212 Å². The fraction of sp³-hybridized carbons (Fsp3) is 0.560. The Balaban J connectivity index is 0.00000324. The number of fused-ring (bicyclic) bond motifs is 1. The summed E-state index contributed by atoms with van der Waals surface area (Å²) in [4.78, 5) is 36.3. The van der Waals surface area contributed by atoms with Gasteiger partial charge in [0.25, 0.3) is 0 Å². The molecule has 1 fully saturated rings. The average Bonchev–Trinajstić information content (AvgIpc) is 3.22. The largest absolute Gasteiger partial charge is 0.465 e. The minimum atomic E-state index is -0.937. The highest BCUT2D eigenvalue weighted by atomic mass is 35.5. The summed E-state index contributed by atoms with van der Waals surface area (Å²) in [5.41, 5.74) is 2.65. The van der Waals surface area contributed by atoms with E-state index in [2.05, 4.69) is 4.90 Å². The molecule has 1 aromatic heterocycles. The van der Waals surface area contributed by atoms with Crippen molar-refractivity contribution >= 4 is 41.4 Å². The Hall–Kier alpha value is -2.16. The molecule has 2 aliphatic rings. The first kappa shape index (κ1) is 26.4. The molecule has 0 spiro atoms. The fourth-order valence-corrected chi connectivity index (χ4v) is 6.23. The third-order valence-electron chi connectivity index (χ3n) is 6.73. The predicted octanol–water partition coefficient (Wildman–Crippen LogP) is 5.79. The van der Waals surface area contributed by atoms with Gasteiger partial charge in [-0.15, -0.1) is 23.7 Å². The smallest absolute Gasteiger partial charge is 0.408 e. The Kier molecular flexibility index (Phi) is 8.60. The first-order valence-electron chi connectivity index (χ1n) is 11.9. The van der Waals surface area contributed by atoms with Crippen LogP contribution in [0.15, 0.2) is 24.4 Å². The van der Waals surface area contributed by atoms with Crippen LogP contribution in [0.25, 0.3) is 10.6 Å². The van der Waals surface area contributed by atoms with Crippen LogP contribution in [0.2, 0.25) is 0 Å². The van der Waals surface area contributed by atoms with E-state index in [1.807, 2.05) is 45.2 Å². The molecule has 1 aromatic carbocycles. The van der Waals surface area contributed by atoms with Gasteiger partial charge in [0.15, 0.2) is 0 Å². The second-order valence-corrected chi connectivity index (χ2v) is 10.6. The molecular weight excluding hydrogens is 472 g/mol. The zero-order valence-electron chi connectivity index (χ0n) is 20.4. The lowest BCUT2D eigenvalue weighted by atomic mass is 9.88. The van der Waals surface area contributed by atoms with Gasteiger partial charge in [-0.3, -0.25) is 14.6 Å². The highest BCUT2D eigenvalue weighted by molar-refractivity contribution is 7.15. The van der Waals surface area contributed by atoms with Crippen LogP contribution in [-0.4, -0.2) is 57.1 Å². The van der Waals surface area contributed by atoms with Crippen LogP contribution >= 0.6 is 23.7 Å². The van der Waals surface area contributed by atoms with Crippen molar-refractivity contribution < 1.29 is 14.7 Å². The van der Waals surface area contributed by atoms with Crippen molar-refractivity contribution in [2.45, 2.75) is 78.0 Å². The van der Waals surface area contributed by atoms with Crippen molar-refractivity contribution in [2.75, 3.05) is 18.0 Å². The number of carboxylic acid groups (broad SMARTS) is 1. The maximum Gasteiger partial charge on any atom is 0.408 e. The number of nitrogens with zero attached hydrogens (tertiary/aromatic N) is 4. The van der Waals surface area contributed by atoms with Gasteiger partial charge in [0.2, 0.25) is 5.91 Å². The van der Waals surface area contributed by atoms with Crippen molar-refractivity contribution in [1.82, 2.24) is 14.8 Å². The lowest BCUT2D eigenvalue weighted by molar-refractivity contribution is -0.117. The van der Waals surface area contributed by atoms with Crippen molar-refractivity contribution in [3.05, 3.63) is 34.8 Å². The van der Waals surface area contributed by atoms with E-state index in [1.54, 1.807) is 23.2 Å². The van der Waals surface area contributed by atoms with Crippen LogP contribution in [0.4, 0.5) is 10.5 Å². The summed E-state index contributed by atoms with van der Waals surface area (Å²) in [7, 11) is 0. The number of benzene rings is 1. The normalized spacial score (nSPS) is 20.6. The SMILES string of the molecule is CC(=O)N1c2ccc(-c3ncc(CN4CCCCC4)s3)cc2[C@H](N(C(=O)O)C(C)C)C[C@@H]1C.Cl. The summed E-state index contributed by atoms with van der Waals surface area (Å²) in [6.45, 7) is 10.6. The molecule has 0 radical (unpaired) electrons. The summed E-state index contributed by atoms with van der Waals surface area (Å²) in [5.74, 6) is -0.0283. The molecule has 1 saturated heterocycles. The maximum absolute atomic E-state index is 12.4. The van der Waals surface area contributed by atoms with Gasteiger partial charge in [-0.05, 0) is 76.9 Å². The van der Waals surface area contributed by atoms with Crippen LogP contribution in [0.5, 0.6) is 0 Å². The highest BCUT2D eigenvalue weighted by Gasteiger charge is 2.38. The molecule has 34 heavy (non-hydrogen) atoms. The van der Waals surface area contributed by atoms with Crippen molar-refractivity contribution in [2.24, 2.45) is 0 Å². The van der Waals surface area contributed by atoms with E-state index >= 15 is 0 Å². The van der Waals surface area contributed by atoms with E-state index in [4.69, 9.17) is 4.98 Å². The lowest BCUT2D eigenvalue weighted by Crippen LogP contribution is -2.48. The number of hydrogen-bond donors (Lipinski definition) is 1. The molecule has 2 aliphatic heterocycles. The summed E-state index contributed by atoms with van der Waals surface area (Å²) in [5, 5.41) is 10.9. The van der Waals surface area contributed by atoms with E-state index in [0.29, 0.717) is 6.42 Å². The molecule has 7 nitrogen and oxygen atoms in total. The molecular formula is C25H35ClN4O3S. The third kappa shape index (κ3) is 5.39. The Morgan fingerprint density at radius 1 is 1.24 bits per heavy atom. The van der Waals surface area contributed by atoms with Crippen molar-refractivity contribution in [3.63, 3.8) is 0 Å². The molecule has 0 bridgehead atoms. The first-order chi connectivity index (χ1) is 15.8. The summed E-state index contributed by atoms with van der Waals surface area (Å²) in [6.07, 6.45) is 5.44. The number of piperidine rings is 1. The topological polar surface area (TPSA) is 77.0 Å². The Morgan fingerprint density at radius 3 is 2.56 bits per heavy atom. The number of carbonyl (C=O) groups is 2. The van der Waals surface area contributed by atoms with Gasteiger partial charge in [0.1, 0.15) is 5.01 Å². The zero-order chi connectivity index (χ0) is 23.7. The fourth-order valence-electron chi connectivity index (χ4n) is 5.28. The van der Waals surface area contributed by atoms with Gasteiger partial charge < -0.3 is 10.0 Å². The Bertz CT molecular complexity index is 1020. The van der Waals surface area contributed by atoms with Crippen LogP contribution in [0.3, 0.4) is 0 Å². The molecule has 2 amide bonds. The number of thiazole rings is 1. The molecule has 186 valence electrons. The van der Waals surface area contributed by atoms with Gasteiger partial charge in [0, 0.05) is 47.9 Å². The maximum atomic E-state index is 12.4. The number of rotatable bonds is 5. The standard InChI is InChI=1S/C25H34N4O3S.ClH/c1-16(2)28(25(31)32)23-12-17(3)29(18(4)30)22-9-8-19(13-21(22)23)24-26-14-20(33-24)15-27-10-6-5-7-11-27;/h8-9,13-14,16-17,23H,5-7,10-12,15H2,1-4H3,(H,31,32);1H/t17-,23+;/m0./s1. The minimum Gasteiger partial charge on any atom is -0.465 e. The summed E-state index contributed by atoms with van der Waals surface area (Å²) < 4.78 is 0. The molecule has 2 atom stereocenters. The van der Waals surface area contributed by atoms with Crippen LogP contribution in [0.1, 0.15) is 69.9 Å². The number of amides is 2. The van der Waals surface area contributed by atoms with Gasteiger partial charge in [0.05, 0.1) is 6.04 Å². The molecule has 0 aliphatic carbocycles. The monoisotopic (exact) mass is 506 g/mol. The van der Waals surface area contributed by atoms with Crippen molar-refractivity contribution in [3.8, 4) is 10.6 Å². The molecule has 1 N–H and O–H groups in total. The molecule has 2 aromatic rings. The van der Waals surface area contributed by atoms with Gasteiger partial charge >= 0.3 is 6.09 Å². The van der Waals surface area contributed by atoms with Crippen LogP contribution < -0.4 is 4.90 Å². The van der Waals surface area contributed by atoms with Gasteiger partial charge in [-0.25, -0.2) is 9.78 Å². The van der Waals surface area contributed by atoms with E-state index < -0.39 is 6.09 Å². The summed E-state index contributed by atoms with van der Waals surface area (Å²) >= 11 is 1.70. The zero-order valence-corrected chi connectivity index (χ0v) is 22.0. The van der Waals surface area contributed by atoms with E-state index in [1.165, 1.54) is 29.0 Å². The van der Waals surface area contributed by atoms with Gasteiger partial charge in [-0.1, -0.05) is 6.42 Å². The second kappa shape index (κ2) is 11.1. The second-order valence-electron chi connectivity index (χ2n) is 9.52. The third-order valence-corrected chi connectivity index (χ3v) is 7.76. The molecule has 9 heteroatoms. The molecule has 0 saturated carbocycles. The highest BCUT2D eigenvalue weighted by Crippen LogP contribution is 2.43. The van der Waals surface area contributed by atoms with Crippen molar-refractivity contribution in [1.29, 1.82) is 0 Å². The average molecular weight is 507 g/mol. The molecule has 0 unspecified atom stereocenters. The van der Waals surface area contributed by atoms with Gasteiger partial charge in [-0.2, -0.15) is 0 Å². The minimum absolute atomic E-state index is 0. The predicted molar refractivity (Wildman–Crippen MR) is 139 cm³/mol. The Morgan fingerprint density at radius 2 is 1.94 bits per heavy atom. The number of anilines is 1. The number of likely N-dealkylation sites (tertiary alicyclic amines) is 1. The number of carbonyl (C=O) groups excluding carboxylic acids is 1. The summed E-state index contributed by atoms with van der Waals surface area (Å²) in [6, 6.07) is 5.45. The number of halogens is 1. The molecule has 4 rings (SSSR count). The van der Waals surface area contributed by atoms with Crippen LogP contribution in [-0.2, 0) is 11.3 Å². The molecule has 3 heterocycles. The number of hydrogen-bond acceptors (Lipinski definition) is 5. The van der Waals surface area contributed by atoms with E-state index in [-0.39, 0.29) is 36.4 Å². The first-order valence-corrected chi connectivity index (χ1v) is 12.7. The van der Waals surface area contributed by atoms with E-state index in [0.717, 1.165) is 41.5 Å².